The highest BCUT2D eigenvalue weighted by Crippen LogP contribution is 2.34. The fourth-order valence-corrected chi connectivity index (χ4v) is 4.03. The van der Waals surface area contributed by atoms with Gasteiger partial charge < -0.3 is 15.0 Å². The molecule has 0 spiro atoms. The summed E-state index contributed by atoms with van der Waals surface area (Å²) in [6.07, 6.45) is 1.90. The molecule has 4 amide bonds. The van der Waals surface area contributed by atoms with E-state index in [1.54, 1.807) is 24.3 Å². The lowest BCUT2D eigenvalue weighted by molar-refractivity contribution is -0.125. The van der Waals surface area contributed by atoms with Crippen LogP contribution in [-0.4, -0.2) is 47.3 Å². The van der Waals surface area contributed by atoms with E-state index in [2.05, 4.69) is 5.32 Å². The number of carbonyl (C=O) groups excluding carboxylic acids is 3. The van der Waals surface area contributed by atoms with E-state index in [0.29, 0.717) is 12.2 Å². The Morgan fingerprint density at radius 2 is 1.83 bits per heavy atom. The molecule has 7 nitrogen and oxygen atoms in total. The molecule has 156 valence electrons. The summed E-state index contributed by atoms with van der Waals surface area (Å²) >= 11 is 0. The maximum absolute atomic E-state index is 13.1. The number of carbonyl (C=O) groups is 3. The van der Waals surface area contributed by atoms with Crippen molar-refractivity contribution in [2.24, 2.45) is 0 Å². The molecule has 7 heteroatoms. The van der Waals surface area contributed by atoms with E-state index in [9.17, 15) is 14.4 Å². The Morgan fingerprint density at radius 3 is 2.47 bits per heavy atom. The molecule has 30 heavy (non-hydrogen) atoms. The average molecular weight is 407 g/mol. The zero-order valence-electron chi connectivity index (χ0n) is 17.0. The maximum Gasteiger partial charge on any atom is 0.324 e. The molecule has 0 radical (unpaired) electrons. The number of ether oxygens (including phenoxy) is 1. The summed E-state index contributed by atoms with van der Waals surface area (Å²) in [5, 5.41) is 2.51. The van der Waals surface area contributed by atoms with Crippen molar-refractivity contribution in [3.63, 3.8) is 0 Å². The Morgan fingerprint density at radius 1 is 1.10 bits per heavy atom. The van der Waals surface area contributed by atoms with Crippen LogP contribution in [0, 0.1) is 0 Å². The zero-order valence-corrected chi connectivity index (χ0v) is 17.0. The lowest BCUT2D eigenvalue weighted by Gasteiger charge is -2.25. The fraction of sp³-hybridized carbons (Fsp3) is 0.348. The van der Waals surface area contributed by atoms with Crippen LogP contribution in [0.3, 0.4) is 0 Å². The molecule has 2 aliphatic rings. The lowest BCUT2D eigenvalue weighted by Crippen LogP contribution is -2.31. The minimum Gasteiger partial charge on any atom is -0.494 e. The van der Waals surface area contributed by atoms with E-state index in [1.165, 1.54) is 4.90 Å². The largest absolute Gasteiger partial charge is 0.494 e. The SMILES string of the molecule is CCOc1ccc([C@H]2CCCN2C(=O)c2ccc(CN3C(=O)CNC3=O)cc2)cc1. The maximum atomic E-state index is 13.1. The molecule has 2 fully saturated rings. The normalized spacial score (nSPS) is 18.6. The minimum atomic E-state index is -0.379. The molecule has 0 aromatic heterocycles. The first-order valence-electron chi connectivity index (χ1n) is 10.3. The van der Waals surface area contributed by atoms with Gasteiger partial charge in [-0.05, 0) is 55.2 Å². The van der Waals surface area contributed by atoms with Crippen molar-refractivity contribution in [2.45, 2.75) is 32.4 Å². The van der Waals surface area contributed by atoms with Crippen LogP contribution in [0.15, 0.2) is 48.5 Å². The molecule has 0 saturated carbocycles. The predicted molar refractivity (Wildman–Crippen MR) is 111 cm³/mol. The van der Waals surface area contributed by atoms with Gasteiger partial charge in [-0.25, -0.2) is 4.79 Å². The Bertz CT molecular complexity index is 924. The zero-order chi connectivity index (χ0) is 21.1. The first-order valence-corrected chi connectivity index (χ1v) is 10.3. The summed E-state index contributed by atoms with van der Waals surface area (Å²) in [5.41, 5.74) is 2.52. The Hall–Kier alpha value is -3.35. The molecule has 2 aromatic carbocycles. The van der Waals surface area contributed by atoms with E-state index in [-0.39, 0.29) is 37.0 Å². The number of nitrogens with one attached hydrogen (secondary N) is 1. The van der Waals surface area contributed by atoms with Crippen LogP contribution in [0.4, 0.5) is 4.79 Å². The first kappa shape index (κ1) is 19.9. The third-order valence-electron chi connectivity index (χ3n) is 5.57. The molecule has 1 atom stereocenters. The third-order valence-corrected chi connectivity index (χ3v) is 5.57. The van der Waals surface area contributed by atoms with Crippen LogP contribution in [0.5, 0.6) is 5.75 Å². The topological polar surface area (TPSA) is 79.0 Å². The number of hydrogen-bond acceptors (Lipinski definition) is 4. The van der Waals surface area contributed by atoms with Gasteiger partial charge in [0.15, 0.2) is 0 Å². The molecule has 0 bridgehead atoms. The molecule has 4 rings (SSSR count). The highest BCUT2D eigenvalue weighted by molar-refractivity contribution is 6.01. The lowest BCUT2D eigenvalue weighted by atomic mass is 10.0. The number of rotatable bonds is 6. The number of urea groups is 1. The molecule has 2 aliphatic heterocycles. The van der Waals surface area contributed by atoms with Gasteiger partial charge in [0.1, 0.15) is 5.75 Å². The van der Waals surface area contributed by atoms with Gasteiger partial charge in [-0.3, -0.25) is 14.5 Å². The Balaban J connectivity index is 1.45. The predicted octanol–water partition coefficient (Wildman–Crippen LogP) is 3.11. The van der Waals surface area contributed by atoms with E-state index >= 15 is 0 Å². The van der Waals surface area contributed by atoms with Crippen LogP contribution in [0.2, 0.25) is 0 Å². The van der Waals surface area contributed by atoms with Crippen molar-refractivity contribution in [2.75, 3.05) is 19.7 Å². The van der Waals surface area contributed by atoms with Crippen LogP contribution in [-0.2, 0) is 11.3 Å². The standard InChI is InChI=1S/C23H25N3O4/c1-2-30-19-11-9-17(10-12-19)20-4-3-13-25(20)22(28)18-7-5-16(6-8-18)15-26-21(27)14-24-23(26)29/h5-12,20H,2-4,13-15H2,1H3,(H,24,29)/t20-/m1/s1. The molecule has 1 N–H and O–H groups in total. The van der Waals surface area contributed by atoms with Gasteiger partial charge in [-0.1, -0.05) is 24.3 Å². The number of benzene rings is 2. The van der Waals surface area contributed by atoms with Crippen molar-refractivity contribution >= 4 is 17.8 Å². The Labute approximate surface area is 175 Å². The molecule has 0 aliphatic carbocycles. The molecule has 2 saturated heterocycles. The molecule has 0 unspecified atom stereocenters. The smallest absolute Gasteiger partial charge is 0.324 e. The second kappa shape index (κ2) is 8.57. The average Bonchev–Trinajstić information content (AvgIpc) is 3.37. The summed E-state index contributed by atoms with van der Waals surface area (Å²) in [7, 11) is 0. The van der Waals surface area contributed by atoms with Gasteiger partial charge in [0.2, 0.25) is 5.91 Å². The van der Waals surface area contributed by atoms with Crippen molar-refractivity contribution in [1.29, 1.82) is 0 Å². The highest BCUT2D eigenvalue weighted by atomic mass is 16.5. The molecule has 2 aromatic rings. The van der Waals surface area contributed by atoms with Gasteiger partial charge in [0.25, 0.3) is 5.91 Å². The van der Waals surface area contributed by atoms with E-state index < -0.39 is 0 Å². The summed E-state index contributed by atoms with van der Waals surface area (Å²) in [6, 6.07) is 14.8. The summed E-state index contributed by atoms with van der Waals surface area (Å²) in [5.74, 6) is 0.584. The van der Waals surface area contributed by atoms with Crippen molar-refractivity contribution < 1.29 is 19.1 Å². The van der Waals surface area contributed by atoms with E-state index in [0.717, 1.165) is 36.3 Å². The third kappa shape index (κ3) is 4.01. The number of hydrogen-bond donors (Lipinski definition) is 1. The van der Waals surface area contributed by atoms with Crippen molar-refractivity contribution in [1.82, 2.24) is 15.1 Å². The highest BCUT2D eigenvalue weighted by Gasteiger charge is 2.31. The van der Waals surface area contributed by atoms with Crippen molar-refractivity contribution in [3.05, 3.63) is 65.2 Å². The quantitative estimate of drug-likeness (QED) is 0.747. The number of likely N-dealkylation sites (tertiary alicyclic amines) is 1. The molecular weight excluding hydrogens is 382 g/mol. The van der Waals surface area contributed by atoms with Gasteiger partial charge in [-0.15, -0.1) is 0 Å². The van der Waals surface area contributed by atoms with E-state index in [1.807, 2.05) is 36.1 Å². The minimum absolute atomic E-state index is 0.00655. The summed E-state index contributed by atoms with van der Waals surface area (Å²) < 4.78 is 5.51. The number of imide groups is 1. The van der Waals surface area contributed by atoms with Crippen LogP contribution < -0.4 is 10.1 Å². The van der Waals surface area contributed by atoms with Gasteiger partial charge in [0, 0.05) is 12.1 Å². The first-order chi connectivity index (χ1) is 14.6. The fourth-order valence-electron chi connectivity index (χ4n) is 4.03. The summed E-state index contributed by atoms with van der Waals surface area (Å²) in [6.45, 7) is 3.55. The molecule has 2 heterocycles. The monoisotopic (exact) mass is 407 g/mol. The van der Waals surface area contributed by atoms with E-state index in [4.69, 9.17) is 4.74 Å². The summed E-state index contributed by atoms with van der Waals surface area (Å²) in [4.78, 5) is 39.7. The second-order valence-electron chi connectivity index (χ2n) is 7.49. The Kier molecular flexibility index (Phi) is 5.70. The van der Waals surface area contributed by atoms with Crippen molar-refractivity contribution in [3.8, 4) is 5.75 Å². The van der Waals surface area contributed by atoms with Crippen LogP contribution in [0.25, 0.3) is 0 Å². The van der Waals surface area contributed by atoms with Gasteiger partial charge in [-0.2, -0.15) is 0 Å². The number of amides is 4. The molecular formula is C23H25N3O4. The number of nitrogens with zero attached hydrogens (tertiary/aromatic N) is 2. The van der Waals surface area contributed by atoms with Gasteiger partial charge in [0.05, 0.1) is 25.7 Å². The van der Waals surface area contributed by atoms with Gasteiger partial charge >= 0.3 is 6.03 Å². The van der Waals surface area contributed by atoms with Crippen LogP contribution >= 0.6 is 0 Å². The van der Waals surface area contributed by atoms with Crippen LogP contribution in [0.1, 0.15) is 47.3 Å². The second-order valence-corrected chi connectivity index (χ2v) is 7.49.